The third-order valence-electron chi connectivity index (χ3n) is 3.72. The summed E-state index contributed by atoms with van der Waals surface area (Å²) < 4.78 is 0. The van der Waals surface area contributed by atoms with Crippen molar-refractivity contribution < 1.29 is 4.79 Å². The van der Waals surface area contributed by atoms with E-state index in [1.54, 1.807) is 0 Å². The van der Waals surface area contributed by atoms with Gasteiger partial charge in [0.05, 0.1) is 10.6 Å². The van der Waals surface area contributed by atoms with E-state index < -0.39 is 0 Å². The molecular formula is C14H19N3OS. The average molecular weight is 277 g/mol. The fourth-order valence-corrected chi connectivity index (χ4v) is 3.61. The molecule has 19 heavy (non-hydrogen) atoms. The molecule has 0 bridgehead atoms. The predicted octanol–water partition coefficient (Wildman–Crippen LogP) is 2.00. The molecule has 0 radical (unpaired) electrons. The number of amides is 1. The van der Waals surface area contributed by atoms with E-state index in [9.17, 15) is 4.79 Å². The Balaban J connectivity index is 1.58. The van der Waals surface area contributed by atoms with Crippen LogP contribution in [0.4, 0.5) is 0 Å². The molecule has 3 heterocycles. The molecule has 2 aliphatic heterocycles. The third-order valence-corrected chi connectivity index (χ3v) is 4.92. The van der Waals surface area contributed by atoms with Gasteiger partial charge in [0.25, 0.3) is 0 Å². The van der Waals surface area contributed by atoms with Crippen LogP contribution in [0.3, 0.4) is 0 Å². The van der Waals surface area contributed by atoms with E-state index in [0.29, 0.717) is 6.42 Å². The van der Waals surface area contributed by atoms with Gasteiger partial charge in [-0.3, -0.25) is 4.79 Å². The van der Waals surface area contributed by atoms with E-state index in [2.05, 4.69) is 27.6 Å². The SMILES string of the molecule is O=C1CCC(c2ccc(CCN3CCCC3)s2)=NN1. The smallest absolute Gasteiger partial charge is 0.240 e. The summed E-state index contributed by atoms with van der Waals surface area (Å²) in [6, 6.07) is 4.34. The highest BCUT2D eigenvalue weighted by Gasteiger charge is 2.16. The summed E-state index contributed by atoms with van der Waals surface area (Å²) >= 11 is 1.82. The predicted molar refractivity (Wildman–Crippen MR) is 77.6 cm³/mol. The summed E-state index contributed by atoms with van der Waals surface area (Å²) in [6.45, 7) is 3.69. The maximum atomic E-state index is 11.1. The first-order valence-electron chi connectivity index (χ1n) is 6.98. The zero-order valence-electron chi connectivity index (χ0n) is 11.0. The van der Waals surface area contributed by atoms with Gasteiger partial charge in [0, 0.05) is 24.3 Å². The van der Waals surface area contributed by atoms with E-state index in [4.69, 9.17) is 0 Å². The van der Waals surface area contributed by atoms with Crippen molar-refractivity contribution in [3.63, 3.8) is 0 Å². The summed E-state index contributed by atoms with van der Waals surface area (Å²) in [5, 5.41) is 4.15. The molecule has 1 fully saturated rings. The summed E-state index contributed by atoms with van der Waals surface area (Å²) in [6.07, 6.45) is 5.15. The lowest BCUT2D eigenvalue weighted by Gasteiger charge is -2.13. The maximum absolute atomic E-state index is 11.1. The first kappa shape index (κ1) is 12.8. The number of likely N-dealkylation sites (tertiary alicyclic amines) is 1. The monoisotopic (exact) mass is 277 g/mol. The normalized spacial score (nSPS) is 20.4. The summed E-state index contributed by atoms with van der Waals surface area (Å²) in [5.41, 5.74) is 3.59. The van der Waals surface area contributed by atoms with Crippen LogP contribution in [0.25, 0.3) is 0 Å². The van der Waals surface area contributed by atoms with Crippen LogP contribution >= 0.6 is 11.3 Å². The second-order valence-corrected chi connectivity index (χ2v) is 6.33. The molecule has 0 unspecified atom stereocenters. The molecule has 5 heteroatoms. The average Bonchev–Trinajstić information content (AvgIpc) is 3.09. The Labute approximate surface area is 117 Å². The second-order valence-electron chi connectivity index (χ2n) is 5.16. The molecule has 0 spiro atoms. The van der Waals surface area contributed by atoms with E-state index in [-0.39, 0.29) is 5.91 Å². The fourth-order valence-electron chi connectivity index (χ4n) is 2.59. The van der Waals surface area contributed by atoms with E-state index >= 15 is 0 Å². The minimum Gasteiger partial charge on any atom is -0.303 e. The fraction of sp³-hybridized carbons (Fsp3) is 0.571. The number of hydrogen-bond donors (Lipinski definition) is 1. The molecule has 0 atom stereocenters. The molecule has 102 valence electrons. The minimum absolute atomic E-state index is 0.0227. The standard InChI is InChI=1S/C14H19N3OS/c18-14-6-4-12(15-16-14)13-5-3-11(19-13)7-10-17-8-1-2-9-17/h3,5H,1-2,4,6-10H2,(H,16,18). The van der Waals surface area contributed by atoms with Crippen LogP contribution in [0.1, 0.15) is 35.4 Å². The van der Waals surface area contributed by atoms with Gasteiger partial charge in [-0.2, -0.15) is 5.10 Å². The quantitative estimate of drug-likeness (QED) is 0.915. The van der Waals surface area contributed by atoms with E-state index in [1.807, 2.05) is 11.3 Å². The number of carbonyl (C=O) groups is 1. The van der Waals surface area contributed by atoms with Crippen molar-refractivity contribution in [2.24, 2.45) is 5.10 Å². The molecule has 0 aromatic carbocycles. The number of nitrogens with one attached hydrogen (secondary N) is 1. The second kappa shape index (κ2) is 5.84. The Morgan fingerprint density at radius 1 is 1.26 bits per heavy atom. The summed E-state index contributed by atoms with van der Waals surface area (Å²) in [4.78, 5) is 16.2. The lowest BCUT2D eigenvalue weighted by atomic mass is 10.1. The van der Waals surface area contributed by atoms with Gasteiger partial charge in [-0.15, -0.1) is 11.3 Å². The van der Waals surface area contributed by atoms with Crippen LogP contribution in [0, 0.1) is 0 Å². The molecule has 4 nitrogen and oxygen atoms in total. The molecule has 1 N–H and O–H groups in total. The molecule has 3 rings (SSSR count). The van der Waals surface area contributed by atoms with Crippen molar-refractivity contribution in [2.75, 3.05) is 19.6 Å². The topological polar surface area (TPSA) is 44.7 Å². The molecule has 1 saturated heterocycles. The highest BCUT2D eigenvalue weighted by molar-refractivity contribution is 7.14. The van der Waals surface area contributed by atoms with E-state index in [1.165, 1.54) is 42.2 Å². The molecular weight excluding hydrogens is 258 g/mol. The van der Waals surface area contributed by atoms with Crippen molar-refractivity contribution in [3.05, 3.63) is 21.9 Å². The van der Waals surface area contributed by atoms with Crippen molar-refractivity contribution in [1.82, 2.24) is 10.3 Å². The minimum atomic E-state index is 0.0227. The van der Waals surface area contributed by atoms with Gasteiger partial charge < -0.3 is 4.90 Å². The number of carbonyl (C=O) groups excluding carboxylic acids is 1. The van der Waals surface area contributed by atoms with Crippen molar-refractivity contribution >= 4 is 23.0 Å². The van der Waals surface area contributed by atoms with Crippen LogP contribution in [0.15, 0.2) is 17.2 Å². The molecule has 1 aromatic heterocycles. The van der Waals surface area contributed by atoms with Gasteiger partial charge in [0.15, 0.2) is 0 Å². The van der Waals surface area contributed by atoms with Crippen LogP contribution in [0.2, 0.25) is 0 Å². The molecule has 0 saturated carbocycles. The van der Waals surface area contributed by atoms with Crippen LogP contribution in [-0.4, -0.2) is 36.2 Å². The molecule has 2 aliphatic rings. The van der Waals surface area contributed by atoms with Crippen molar-refractivity contribution in [2.45, 2.75) is 32.1 Å². The summed E-state index contributed by atoms with van der Waals surface area (Å²) in [5.74, 6) is 0.0227. The van der Waals surface area contributed by atoms with Gasteiger partial charge in [-0.25, -0.2) is 5.43 Å². The first-order valence-corrected chi connectivity index (χ1v) is 7.80. The number of hydrazone groups is 1. The zero-order valence-corrected chi connectivity index (χ0v) is 11.8. The number of thiophene rings is 1. The van der Waals surface area contributed by atoms with Gasteiger partial charge in [-0.1, -0.05) is 0 Å². The van der Waals surface area contributed by atoms with Gasteiger partial charge in [0.1, 0.15) is 0 Å². The largest absolute Gasteiger partial charge is 0.303 e. The van der Waals surface area contributed by atoms with Crippen molar-refractivity contribution in [3.8, 4) is 0 Å². The van der Waals surface area contributed by atoms with Crippen LogP contribution in [0.5, 0.6) is 0 Å². The van der Waals surface area contributed by atoms with Gasteiger partial charge in [0.2, 0.25) is 5.91 Å². The number of rotatable bonds is 4. The van der Waals surface area contributed by atoms with Crippen LogP contribution in [-0.2, 0) is 11.2 Å². The Kier molecular flexibility index (Phi) is 3.94. The summed E-state index contributed by atoms with van der Waals surface area (Å²) in [7, 11) is 0. The Hall–Kier alpha value is -1.20. The Morgan fingerprint density at radius 3 is 2.84 bits per heavy atom. The lowest BCUT2D eigenvalue weighted by Crippen LogP contribution is -2.25. The zero-order chi connectivity index (χ0) is 13.1. The van der Waals surface area contributed by atoms with Crippen LogP contribution < -0.4 is 5.43 Å². The Morgan fingerprint density at radius 2 is 2.11 bits per heavy atom. The highest BCUT2D eigenvalue weighted by Crippen LogP contribution is 2.21. The number of hydrogen-bond acceptors (Lipinski definition) is 4. The highest BCUT2D eigenvalue weighted by atomic mass is 32.1. The van der Waals surface area contributed by atoms with Gasteiger partial charge in [-0.05, 0) is 44.5 Å². The Bertz CT molecular complexity index is 489. The van der Waals surface area contributed by atoms with Crippen molar-refractivity contribution in [1.29, 1.82) is 0 Å². The molecule has 1 amide bonds. The maximum Gasteiger partial charge on any atom is 0.240 e. The van der Waals surface area contributed by atoms with E-state index in [0.717, 1.165) is 18.6 Å². The molecule has 0 aliphatic carbocycles. The van der Waals surface area contributed by atoms with Gasteiger partial charge >= 0.3 is 0 Å². The lowest BCUT2D eigenvalue weighted by molar-refractivity contribution is -0.121. The first-order chi connectivity index (χ1) is 9.31. The number of nitrogens with zero attached hydrogens (tertiary/aromatic N) is 2. The third kappa shape index (κ3) is 3.22. The molecule has 1 aromatic rings.